The Morgan fingerprint density at radius 3 is 2.50 bits per heavy atom. The third kappa shape index (κ3) is 4.73. The van der Waals surface area contributed by atoms with Crippen molar-refractivity contribution in [2.75, 3.05) is 16.8 Å². The second kappa shape index (κ2) is 6.78. The molecular weight excluding hydrogens is 306 g/mol. The molecule has 2 rings (SSSR count). The van der Waals surface area contributed by atoms with Gasteiger partial charge < -0.3 is 16.0 Å². The number of urea groups is 1. The highest BCUT2D eigenvalue weighted by Gasteiger charge is 2.29. The number of nitrogens with one attached hydrogen (secondary N) is 3. The maximum absolute atomic E-state index is 11.9. The zero-order valence-electron chi connectivity index (χ0n) is 12.2. The summed E-state index contributed by atoms with van der Waals surface area (Å²) in [6.45, 7) is 1.56. The van der Waals surface area contributed by atoms with E-state index in [1.165, 1.54) is 0 Å². The number of anilines is 1. The van der Waals surface area contributed by atoms with Crippen molar-refractivity contribution >= 4 is 27.5 Å². The van der Waals surface area contributed by atoms with Crippen molar-refractivity contribution in [2.24, 2.45) is 0 Å². The first-order valence-electron chi connectivity index (χ1n) is 6.99. The lowest BCUT2D eigenvalue weighted by molar-refractivity contribution is -0.117. The molecule has 0 unspecified atom stereocenters. The molecule has 0 spiro atoms. The van der Waals surface area contributed by atoms with E-state index >= 15 is 0 Å². The Labute approximate surface area is 129 Å². The summed E-state index contributed by atoms with van der Waals surface area (Å²) in [5.41, 5.74) is 0.642. The Morgan fingerprint density at radius 2 is 1.91 bits per heavy atom. The molecular formula is C14H19N3O4S. The Hall–Kier alpha value is -2.09. The summed E-state index contributed by atoms with van der Waals surface area (Å²) in [7, 11) is -3.05. The Morgan fingerprint density at radius 1 is 1.23 bits per heavy atom. The number of para-hydroxylation sites is 1. The van der Waals surface area contributed by atoms with E-state index in [4.69, 9.17) is 0 Å². The Bertz CT molecular complexity index is 645. The molecule has 3 N–H and O–H groups in total. The molecule has 1 heterocycles. The number of carbonyl (C=O) groups is 2. The lowest BCUT2D eigenvalue weighted by Gasteiger charge is -2.17. The van der Waals surface area contributed by atoms with Crippen LogP contribution in [0.2, 0.25) is 0 Å². The topological polar surface area (TPSA) is 104 Å². The summed E-state index contributed by atoms with van der Waals surface area (Å²) in [4.78, 5) is 23.7. The fourth-order valence-corrected chi connectivity index (χ4v) is 3.84. The summed E-state index contributed by atoms with van der Waals surface area (Å²) in [6.07, 6.45) is 0.403. The molecule has 8 heteroatoms. The second-order valence-corrected chi connectivity index (χ2v) is 7.52. The molecule has 1 aliphatic heterocycles. The van der Waals surface area contributed by atoms with E-state index in [1.54, 1.807) is 31.2 Å². The minimum Gasteiger partial charge on any atom is -0.334 e. The van der Waals surface area contributed by atoms with Crippen LogP contribution in [0.15, 0.2) is 30.3 Å². The quantitative estimate of drug-likeness (QED) is 0.750. The predicted molar refractivity (Wildman–Crippen MR) is 83.3 cm³/mol. The van der Waals surface area contributed by atoms with Crippen molar-refractivity contribution in [2.45, 2.75) is 25.4 Å². The number of rotatable bonds is 4. The minimum absolute atomic E-state index is 0.0506. The van der Waals surface area contributed by atoms with E-state index in [0.29, 0.717) is 12.1 Å². The molecule has 2 atom stereocenters. The molecule has 3 amide bonds. The maximum atomic E-state index is 11.9. The zero-order valence-corrected chi connectivity index (χ0v) is 13.0. The number of hydrogen-bond donors (Lipinski definition) is 3. The van der Waals surface area contributed by atoms with Crippen LogP contribution in [0.1, 0.15) is 13.3 Å². The molecule has 0 radical (unpaired) electrons. The summed E-state index contributed by atoms with van der Waals surface area (Å²) in [5.74, 6) is -0.312. The Balaban J connectivity index is 1.80. The van der Waals surface area contributed by atoms with E-state index in [2.05, 4.69) is 16.0 Å². The molecule has 1 fully saturated rings. The number of sulfone groups is 1. The number of carbonyl (C=O) groups excluding carboxylic acids is 2. The molecule has 0 bridgehead atoms. The van der Waals surface area contributed by atoms with Crippen molar-refractivity contribution in [3.63, 3.8) is 0 Å². The van der Waals surface area contributed by atoms with Gasteiger partial charge in [0.05, 0.1) is 11.5 Å². The van der Waals surface area contributed by atoms with E-state index in [9.17, 15) is 18.0 Å². The highest BCUT2D eigenvalue weighted by atomic mass is 32.2. The van der Waals surface area contributed by atoms with Gasteiger partial charge in [-0.1, -0.05) is 18.2 Å². The number of benzene rings is 1. The average molecular weight is 325 g/mol. The van der Waals surface area contributed by atoms with Crippen LogP contribution in [0.4, 0.5) is 10.5 Å². The highest BCUT2D eigenvalue weighted by Crippen LogP contribution is 2.11. The number of hydrogen-bond acceptors (Lipinski definition) is 4. The summed E-state index contributed by atoms with van der Waals surface area (Å²) in [5, 5.41) is 7.75. The number of amides is 3. The van der Waals surface area contributed by atoms with Gasteiger partial charge in [0.1, 0.15) is 6.04 Å². The van der Waals surface area contributed by atoms with E-state index in [-0.39, 0.29) is 17.4 Å². The highest BCUT2D eigenvalue weighted by molar-refractivity contribution is 7.91. The fourth-order valence-electron chi connectivity index (χ4n) is 2.17. The van der Waals surface area contributed by atoms with E-state index in [1.807, 2.05) is 6.07 Å². The largest absolute Gasteiger partial charge is 0.334 e. The van der Waals surface area contributed by atoms with Crippen LogP contribution < -0.4 is 16.0 Å². The molecule has 7 nitrogen and oxygen atoms in total. The van der Waals surface area contributed by atoms with Gasteiger partial charge in [-0.2, -0.15) is 0 Å². The van der Waals surface area contributed by atoms with Crippen LogP contribution in [0, 0.1) is 0 Å². The van der Waals surface area contributed by atoms with Crippen LogP contribution in [0.5, 0.6) is 0 Å². The first-order chi connectivity index (χ1) is 10.4. The molecule has 0 aliphatic carbocycles. The lowest BCUT2D eigenvalue weighted by atomic mass is 10.2. The Kier molecular flexibility index (Phi) is 5.02. The van der Waals surface area contributed by atoms with Crippen molar-refractivity contribution in [1.82, 2.24) is 10.6 Å². The monoisotopic (exact) mass is 325 g/mol. The van der Waals surface area contributed by atoms with Gasteiger partial charge in [0.2, 0.25) is 5.91 Å². The van der Waals surface area contributed by atoms with Gasteiger partial charge >= 0.3 is 6.03 Å². The van der Waals surface area contributed by atoms with Gasteiger partial charge in [-0.25, -0.2) is 13.2 Å². The van der Waals surface area contributed by atoms with Crippen molar-refractivity contribution in [3.8, 4) is 0 Å². The fraction of sp³-hybridized carbons (Fsp3) is 0.429. The van der Waals surface area contributed by atoms with Crippen LogP contribution in [0.25, 0.3) is 0 Å². The third-order valence-corrected chi connectivity index (χ3v) is 5.12. The standard InChI is InChI=1S/C14H19N3O4S/c1-10(13(18)16-11-5-3-2-4-6-11)15-14(19)17-12-7-8-22(20,21)9-12/h2-6,10,12H,7-9H2,1H3,(H,16,18)(H2,15,17,19)/t10-,12-/m0/s1. The van der Waals surface area contributed by atoms with E-state index in [0.717, 1.165) is 0 Å². The normalized spacial score (nSPS) is 20.9. The smallest absolute Gasteiger partial charge is 0.315 e. The van der Waals surface area contributed by atoms with Crippen LogP contribution in [-0.4, -0.2) is 43.9 Å². The van der Waals surface area contributed by atoms with Gasteiger partial charge in [0.25, 0.3) is 0 Å². The molecule has 1 aromatic rings. The summed E-state index contributed by atoms with van der Waals surface area (Å²) in [6, 6.07) is 7.23. The third-order valence-electron chi connectivity index (χ3n) is 3.35. The average Bonchev–Trinajstić information content (AvgIpc) is 2.78. The SMILES string of the molecule is C[C@H](NC(=O)N[C@H]1CCS(=O)(=O)C1)C(=O)Nc1ccccc1. The lowest BCUT2D eigenvalue weighted by Crippen LogP contribution is -2.49. The first kappa shape index (κ1) is 16.3. The molecule has 1 saturated heterocycles. The second-order valence-electron chi connectivity index (χ2n) is 5.29. The van der Waals surface area contributed by atoms with Crippen molar-refractivity contribution < 1.29 is 18.0 Å². The minimum atomic E-state index is -3.05. The van der Waals surface area contributed by atoms with Gasteiger partial charge in [0.15, 0.2) is 9.84 Å². The van der Waals surface area contributed by atoms with Crippen LogP contribution in [-0.2, 0) is 14.6 Å². The van der Waals surface area contributed by atoms with E-state index < -0.39 is 28.0 Å². The molecule has 1 aromatic carbocycles. The maximum Gasteiger partial charge on any atom is 0.315 e. The molecule has 22 heavy (non-hydrogen) atoms. The van der Waals surface area contributed by atoms with Gasteiger partial charge in [-0.3, -0.25) is 4.79 Å². The first-order valence-corrected chi connectivity index (χ1v) is 8.81. The van der Waals surface area contributed by atoms with Crippen LogP contribution >= 0.6 is 0 Å². The van der Waals surface area contributed by atoms with Gasteiger partial charge in [-0.05, 0) is 25.5 Å². The molecule has 0 aromatic heterocycles. The molecule has 120 valence electrons. The zero-order chi connectivity index (χ0) is 16.2. The summed E-state index contributed by atoms with van der Waals surface area (Å²) >= 11 is 0. The molecule has 0 saturated carbocycles. The van der Waals surface area contributed by atoms with Crippen LogP contribution in [0.3, 0.4) is 0 Å². The van der Waals surface area contributed by atoms with Gasteiger partial charge in [0, 0.05) is 11.7 Å². The van der Waals surface area contributed by atoms with Gasteiger partial charge in [-0.15, -0.1) is 0 Å². The molecule has 1 aliphatic rings. The van der Waals surface area contributed by atoms with Crippen molar-refractivity contribution in [1.29, 1.82) is 0 Å². The summed E-state index contributed by atoms with van der Waals surface area (Å²) < 4.78 is 22.6. The predicted octanol–water partition coefficient (Wildman–Crippen LogP) is 0.500. The van der Waals surface area contributed by atoms with Crippen molar-refractivity contribution in [3.05, 3.63) is 30.3 Å².